The minimum absolute atomic E-state index is 0.134. The van der Waals surface area contributed by atoms with Gasteiger partial charge in [0.15, 0.2) is 5.96 Å². The molecule has 0 spiro atoms. The number of fused-ring (bicyclic) bond motifs is 1. The summed E-state index contributed by atoms with van der Waals surface area (Å²) in [7, 11) is 0. The Morgan fingerprint density at radius 3 is 2.71 bits per heavy atom. The van der Waals surface area contributed by atoms with Crippen LogP contribution in [-0.2, 0) is 16.0 Å². The number of thiophene rings is 1. The van der Waals surface area contributed by atoms with Gasteiger partial charge in [0.05, 0.1) is 17.3 Å². The SMILES string of the molecule is O=C(O)C[C@@H](NC(=O)c1ccc(CCC(=O)NC2=NCCCN2)s1)c1cccc2ccccc12. The number of guanidine groups is 1. The van der Waals surface area contributed by atoms with Gasteiger partial charge in [-0.25, -0.2) is 0 Å². The van der Waals surface area contributed by atoms with Gasteiger partial charge in [0.25, 0.3) is 5.91 Å². The fraction of sp³-hybridized carbons (Fsp3) is 0.280. The molecule has 2 amide bonds. The maximum atomic E-state index is 13.0. The number of nitrogens with zero attached hydrogens (tertiary/aromatic N) is 1. The van der Waals surface area contributed by atoms with E-state index in [-0.39, 0.29) is 24.7 Å². The van der Waals surface area contributed by atoms with Gasteiger partial charge >= 0.3 is 5.97 Å². The number of carbonyl (C=O) groups is 3. The Kier molecular flexibility index (Phi) is 7.54. The van der Waals surface area contributed by atoms with E-state index in [4.69, 9.17) is 0 Å². The molecular weight excluding hydrogens is 452 g/mol. The van der Waals surface area contributed by atoms with Crippen LogP contribution in [0.3, 0.4) is 0 Å². The van der Waals surface area contributed by atoms with Crippen LogP contribution in [0.15, 0.2) is 59.6 Å². The molecule has 176 valence electrons. The molecule has 0 fully saturated rings. The highest BCUT2D eigenvalue weighted by atomic mass is 32.1. The molecule has 9 heteroatoms. The van der Waals surface area contributed by atoms with E-state index >= 15 is 0 Å². The van der Waals surface area contributed by atoms with Gasteiger partial charge in [-0.15, -0.1) is 11.3 Å². The minimum atomic E-state index is -0.992. The van der Waals surface area contributed by atoms with E-state index in [0.29, 0.717) is 23.8 Å². The first-order valence-corrected chi connectivity index (χ1v) is 12.0. The van der Waals surface area contributed by atoms with Crippen LogP contribution in [0.25, 0.3) is 10.8 Å². The number of carbonyl (C=O) groups excluding carboxylic acids is 2. The van der Waals surface area contributed by atoms with Crippen LogP contribution >= 0.6 is 11.3 Å². The van der Waals surface area contributed by atoms with Crippen LogP contribution in [0, 0.1) is 0 Å². The number of hydrogen-bond donors (Lipinski definition) is 4. The number of aliphatic carboxylic acids is 1. The summed E-state index contributed by atoms with van der Waals surface area (Å²) in [5.74, 6) is -0.945. The second-order valence-electron chi connectivity index (χ2n) is 8.02. The molecule has 4 rings (SSSR count). The number of aryl methyl sites for hydroxylation is 1. The van der Waals surface area contributed by atoms with Gasteiger partial charge in [-0.3, -0.25) is 24.7 Å². The highest BCUT2D eigenvalue weighted by Gasteiger charge is 2.22. The summed E-state index contributed by atoms with van der Waals surface area (Å²) in [4.78, 5) is 42.3. The standard InChI is InChI=1S/C25H26N4O4S/c30-22(29-25-26-13-4-14-27-25)12-10-17-9-11-21(34-17)24(33)28-20(15-23(31)32)19-8-3-6-16-5-1-2-7-18(16)19/h1-3,5-9,11,20H,4,10,12-15H2,(H,28,33)(H,31,32)(H2,26,27,29,30)/t20-/m1/s1. The normalized spacial score (nSPS) is 14.1. The van der Waals surface area contributed by atoms with E-state index in [1.165, 1.54) is 11.3 Å². The third-order valence-electron chi connectivity index (χ3n) is 5.52. The van der Waals surface area contributed by atoms with Crippen LogP contribution in [0.1, 0.15) is 45.4 Å². The predicted octanol–water partition coefficient (Wildman–Crippen LogP) is 3.25. The van der Waals surface area contributed by atoms with E-state index in [9.17, 15) is 19.5 Å². The smallest absolute Gasteiger partial charge is 0.305 e. The Morgan fingerprint density at radius 1 is 1.09 bits per heavy atom. The Balaban J connectivity index is 1.41. The number of carboxylic acid groups (broad SMARTS) is 1. The zero-order valence-corrected chi connectivity index (χ0v) is 19.4. The molecule has 3 aromatic rings. The van der Waals surface area contributed by atoms with Gasteiger partial charge < -0.3 is 15.7 Å². The summed E-state index contributed by atoms with van der Waals surface area (Å²) in [6, 6.07) is 16.2. The molecule has 1 aliphatic rings. The Bertz CT molecular complexity index is 1230. The van der Waals surface area contributed by atoms with Gasteiger partial charge in [0.2, 0.25) is 5.91 Å². The first kappa shape index (κ1) is 23.4. The lowest BCUT2D eigenvalue weighted by atomic mass is 9.96. The van der Waals surface area contributed by atoms with Gasteiger partial charge in [0, 0.05) is 24.4 Å². The number of hydrogen-bond acceptors (Lipinski definition) is 6. The van der Waals surface area contributed by atoms with Crippen molar-refractivity contribution >= 4 is 45.9 Å². The van der Waals surface area contributed by atoms with Crippen LogP contribution in [0.5, 0.6) is 0 Å². The zero-order valence-electron chi connectivity index (χ0n) is 18.5. The Morgan fingerprint density at radius 2 is 1.91 bits per heavy atom. The van der Waals surface area contributed by atoms with Gasteiger partial charge in [-0.05, 0) is 41.3 Å². The number of benzene rings is 2. The summed E-state index contributed by atoms with van der Waals surface area (Å²) in [5.41, 5.74) is 0.765. The van der Waals surface area contributed by atoms with Crippen molar-refractivity contribution in [1.82, 2.24) is 16.0 Å². The highest BCUT2D eigenvalue weighted by molar-refractivity contribution is 7.14. The van der Waals surface area contributed by atoms with Crippen LogP contribution in [-0.4, -0.2) is 41.9 Å². The molecule has 1 atom stereocenters. The maximum absolute atomic E-state index is 13.0. The molecule has 34 heavy (non-hydrogen) atoms. The molecule has 8 nitrogen and oxygen atoms in total. The average molecular weight is 479 g/mol. The molecule has 0 aliphatic carbocycles. The minimum Gasteiger partial charge on any atom is -0.481 e. The summed E-state index contributed by atoms with van der Waals surface area (Å²) in [6.45, 7) is 1.50. The molecule has 2 aromatic carbocycles. The third-order valence-corrected chi connectivity index (χ3v) is 6.67. The monoisotopic (exact) mass is 478 g/mol. The Hall–Kier alpha value is -3.72. The quantitative estimate of drug-likeness (QED) is 0.396. The topological polar surface area (TPSA) is 120 Å². The van der Waals surface area contributed by atoms with Crippen LogP contribution in [0.4, 0.5) is 0 Å². The van der Waals surface area contributed by atoms with E-state index in [1.54, 1.807) is 6.07 Å². The lowest BCUT2D eigenvalue weighted by molar-refractivity contribution is -0.137. The summed E-state index contributed by atoms with van der Waals surface area (Å²) in [5, 5.41) is 20.0. The van der Waals surface area contributed by atoms with E-state index in [2.05, 4.69) is 20.9 Å². The first-order chi connectivity index (χ1) is 16.5. The summed E-state index contributed by atoms with van der Waals surface area (Å²) in [6.07, 6.45) is 1.50. The fourth-order valence-electron chi connectivity index (χ4n) is 3.88. The van der Waals surface area contributed by atoms with Crippen molar-refractivity contribution in [3.8, 4) is 0 Å². The van der Waals surface area contributed by atoms with Crippen molar-refractivity contribution in [1.29, 1.82) is 0 Å². The molecule has 0 unspecified atom stereocenters. The fourth-order valence-corrected chi connectivity index (χ4v) is 4.79. The van der Waals surface area contributed by atoms with Crippen LogP contribution in [0.2, 0.25) is 0 Å². The van der Waals surface area contributed by atoms with E-state index in [0.717, 1.165) is 34.2 Å². The average Bonchev–Trinajstić information content (AvgIpc) is 3.32. The number of carboxylic acids is 1. The van der Waals surface area contributed by atoms with Crippen molar-refractivity contribution in [3.63, 3.8) is 0 Å². The zero-order chi connectivity index (χ0) is 23.9. The molecule has 1 aromatic heterocycles. The van der Waals surface area contributed by atoms with Crippen molar-refractivity contribution in [2.75, 3.05) is 13.1 Å². The van der Waals surface area contributed by atoms with Gasteiger partial charge in [-0.2, -0.15) is 0 Å². The molecule has 1 aliphatic heterocycles. The Labute approximate surface area is 201 Å². The predicted molar refractivity (Wildman–Crippen MR) is 132 cm³/mol. The molecular formula is C25H26N4O4S. The number of amides is 2. The number of rotatable bonds is 8. The van der Waals surface area contributed by atoms with Crippen molar-refractivity contribution in [3.05, 3.63) is 69.9 Å². The van der Waals surface area contributed by atoms with Gasteiger partial charge in [-0.1, -0.05) is 42.5 Å². The second kappa shape index (κ2) is 10.9. The molecule has 0 saturated carbocycles. The molecule has 4 N–H and O–H groups in total. The molecule has 0 bridgehead atoms. The number of nitrogens with one attached hydrogen (secondary N) is 3. The first-order valence-electron chi connectivity index (χ1n) is 11.2. The van der Waals surface area contributed by atoms with Gasteiger partial charge in [0.1, 0.15) is 0 Å². The third kappa shape index (κ3) is 5.99. The van der Waals surface area contributed by atoms with Crippen molar-refractivity contribution < 1.29 is 19.5 Å². The van der Waals surface area contributed by atoms with E-state index < -0.39 is 12.0 Å². The largest absolute Gasteiger partial charge is 0.481 e. The molecule has 2 heterocycles. The molecule has 0 saturated heterocycles. The van der Waals surface area contributed by atoms with E-state index in [1.807, 2.05) is 48.5 Å². The maximum Gasteiger partial charge on any atom is 0.305 e. The van der Waals surface area contributed by atoms with Crippen molar-refractivity contribution in [2.24, 2.45) is 4.99 Å². The second-order valence-corrected chi connectivity index (χ2v) is 9.19. The van der Waals surface area contributed by atoms with Crippen LogP contribution < -0.4 is 16.0 Å². The lowest BCUT2D eigenvalue weighted by Gasteiger charge is -2.19. The number of aliphatic imine (C=N–C) groups is 1. The summed E-state index contributed by atoms with van der Waals surface area (Å²) >= 11 is 1.30. The molecule has 0 radical (unpaired) electrons. The lowest BCUT2D eigenvalue weighted by Crippen LogP contribution is -2.43. The summed E-state index contributed by atoms with van der Waals surface area (Å²) < 4.78 is 0. The van der Waals surface area contributed by atoms with Crippen molar-refractivity contribution in [2.45, 2.75) is 31.7 Å². The highest BCUT2D eigenvalue weighted by Crippen LogP contribution is 2.27.